The van der Waals surface area contributed by atoms with E-state index in [-0.39, 0.29) is 34.5 Å². The molecule has 0 aliphatic rings. The summed E-state index contributed by atoms with van der Waals surface area (Å²) in [6, 6.07) is 27.4. The Kier molecular flexibility index (Phi) is 14.9. The molecule has 6 rings (SSSR count). The molecule has 0 nitrogen and oxygen atoms in total. The number of alkyl halides is 12. The molecule has 0 saturated carbocycles. The van der Waals surface area contributed by atoms with Gasteiger partial charge in [-0.2, -0.15) is 58.8 Å². The second kappa shape index (κ2) is 18.4. The molecular formula is C44H36F12FeP2-6. The minimum absolute atomic E-state index is 0. The molecule has 320 valence electrons. The van der Waals surface area contributed by atoms with Gasteiger partial charge in [-0.1, -0.05) is 65.6 Å². The van der Waals surface area contributed by atoms with Gasteiger partial charge in [-0.05, 0) is 107 Å². The Morgan fingerprint density at radius 3 is 1.05 bits per heavy atom. The molecule has 0 spiro atoms. The summed E-state index contributed by atoms with van der Waals surface area (Å²) >= 11 is 0. The summed E-state index contributed by atoms with van der Waals surface area (Å²) in [5.41, 5.74) is -3.50. The molecule has 15 heteroatoms. The standard InChI is InChI=1S/C39H31F12P2.C5H5.Fe/c1-21-9-22(2)12-30(11-21)52(31-13-23(3)10-24(4)14-31)25(5)34-7-6-8-35(34)53(32-17-26(36(40,41)42)15-27(18-32)37(43,44)45)33-19-28(38(46,47)48)16-29(20-33)39(49,50)51;1-2-4-5-3-1;/h6-20,25H,1-5H3;1-5H;/q-1;-5;. The first-order valence-corrected chi connectivity index (χ1v) is 20.4. The van der Waals surface area contributed by atoms with Crippen LogP contribution in [0.2, 0.25) is 0 Å². The van der Waals surface area contributed by atoms with E-state index in [0.29, 0.717) is 29.8 Å². The maximum atomic E-state index is 14.1. The first kappa shape index (κ1) is 47.8. The minimum Gasteiger partial charge on any atom is -0.748 e. The number of hydrogen-bond donors (Lipinski definition) is 0. The smallest absolute Gasteiger partial charge is 0.416 e. The summed E-state index contributed by atoms with van der Waals surface area (Å²) in [5.74, 6) is 0. The van der Waals surface area contributed by atoms with E-state index in [4.69, 9.17) is 0 Å². The van der Waals surface area contributed by atoms with Crippen LogP contribution in [0.25, 0.3) is 0 Å². The van der Waals surface area contributed by atoms with Gasteiger partial charge in [0.15, 0.2) is 0 Å². The fraction of sp³-hybridized carbons (Fsp3) is 0.227. The fourth-order valence-electron chi connectivity index (χ4n) is 6.78. The molecule has 6 aromatic carbocycles. The Labute approximate surface area is 347 Å². The van der Waals surface area contributed by atoms with Crippen molar-refractivity contribution in [1.29, 1.82) is 0 Å². The maximum Gasteiger partial charge on any atom is 0.416 e. The van der Waals surface area contributed by atoms with E-state index in [1.54, 1.807) is 13.0 Å². The Morgan fingerprint density at radius 1 is 0.458 bits per heavy atom. The van der Waals surface area contributed by atoms with Crippen LogP contribution >= 0.6 is 15.8 Å². The van der Waals surface area contributed by atoms with E-state index in [1.807, 2.05) is 94.4 Å². The monoisotopic (exact) mass is 910 g/mol. The predicted molar refractivity (Wildman–Crippen MR) is 209 cm³/mol. The second-order valence-electron chi connectivity index (χ2n) is 13.9. The first-order valence-electron chi connectivity index (χ1n) is 17.6. The fourth-order valence-corrected chi connectivity index (χ4v) is 12.6. The summed E-state index contributed by atoms with van der Waals surface area (Å²) < 4.78 is 170. The van der Waals surface area contributed by atoms with Gasteiger partial charge in [0.05, 0.1) is 22.3 Å². The zero-order valence-corrected chi connectivity index (χ0v) is 34.8. The van der Waals surface area contributed by atoms with Gasteiger partial charge in [-0.15, -0.1) is 10.9 Å². The number of halogens is 12. The molecule has 0 aromatic heterocycles. The van der Waals surface area contributed by atoms with Crippen LogP contribution in [0.4, 0.5) is 52.7 Å². The van der Waals surface area contributed by atoms with Crippen LogP contribution in [-0.2, 0) is 41.8 Å². The summed E-state index contributed by atoms with van der Waals surface area (Å²) in [7, 11) is -4.31. The Hall–Kier alpha value is -3.88. The van der Waals surface area contributed by atoms with E-state index < -0.39 is 79.1 Å². The van der Waals surface area contributed by atoms with Crippen molar-refractivity contribution in [2.45, 2.75) is 65.0 Å². The van der Waals surface area contributed by atoms with Crippen LogP contribution in [0, 0.1) is 27.7 Å². The van der Waals surface area contributed by atoms with Crippen molar-refractivity contribution < 1.29 is 69.8 Å². The summed E-state index contributed by atoms with van der Waals surface area (Å²) in [4.78, 5) is 0. The quantitative estimate of drug-likeness (QED) is 0.0648. The molecule has 0 radical (unpaired) electrons. The summed E-state index contributed by atoms with van der Waals surface area (Å²) in [5, 5.41) is 0.369. The Balaban J connectivity index is 0.00000119. The zero-order chi connectivity index (χ0) is 43.0. The van der Waals surface area contributed by atoms with E-state index in [9.17, 15) is 52.7 Å². The molecule has 0 N–H and O–H groups in total. The molecule has 1 unspecified atom stereocenters. The van der Waals surface area contributed by atoms with Crippen molar-refractivity contribution in [3.8, 4) is 0 Å². The van der Waals surface area contributed by atoms with Gasteiger partial charge in [0.1, 0.15) is 0 Å². The van der Waals surface area contributed by atoms with Crippen molar-refractivity contribution in [3.63, 3.8) is 0 Å². The molecule has 0 bridgehead atoms. The van der Waals surface area contributed by atoms with Crippen LogP contribution in [-0.4, -0.2) is 0 Å². The maximum absolute atomic E-state index is 14.1. The molecule has 0 aliphatic carbocycles. The molecule has 0 heterocycles. The molecule has 0 aliphatic heterocycles. The summed E-state index contributed by atoms with van der Waals surface area (Å²) in [6.45, 7) is 9.36. The number of hydrogen-bond acceptors (Lipinski definition) is 0. The Morgan fingerprint density at radius 2 is 0.763 bits per heavy atom. The van der Waals surface area contributed by atoms with E-state index in [2.05, 4.69) is 0 Å². The van der Waals surface area contributed by atoms with Crippen molar-refractivity contribution in [3.05, 3.63) is 171 Å². The van der Waals surface area contributed by atoms with Crippen LogP contribution in [0.3, 0.4) is 0 Å². The van der Waals surface area contributed by atoms with Gasteiger partial charge in [-0.25, -0.2) is 12.1 Å². The third-order valence-electron chi connectivity index (χ3n) is 9.09. The van der Waals surface area contributed by atoms with Gasteiger partial charge in [0.2, 0.25) is 0 Å². The largest absolute Gasteiger partial charge is 0.748 e. The molecule has 6 aromatic rings. The van der Waals surface area contributed by atoms with Gasteiger partial charge in [0, 0.05) is 17.1 Å². The van der Waals surface area contributed by atoms with Gasteiger partial charge in [0.25, 0.3) is 0 Å². The average molecular weight is 911 g/mol. The SMILES string of the molecule is Cc1cc(C)cc(P(c2cc(C)cc(C)c2)C(C)[c-]2cccc2P(c2cc(C(F)(F)F)cc(C(F)(F)F)c2)c2cc(C(F)(F)F)cc(C(F)(F)F)c2)c1.[Fe].[cH-]1[cH-][cH-][cH-][cH-]1. The van der Waals surface area contributed by atoms with Crippen molar-refractivity contribution in [2.75, 3.05) is 0 Å². The van der Waals surface area contributed by atoms with Crippen LogP contribution in [0.15, 0.2) is 121 Å². The first-order chi connectivity index (χ1) is 26.8. The Bertz CT molecular complexity index is 2080. The van der Waals surface area contributed by atoms with Gasteiger partial charge >= 0.3 is 24.7 Å². The third kappa shape index (κ3) is 11.9. The molecule has 0 amide bonds. The third-order valence-corrected chi connectivity index (χ3v) is 14.2. The zero-order valence-electron chi connectivity index (χ0n) is 31.9. The van der Waals surface area contributed by atoms with Gasteiger partial charge in [-0.3, -0.25) is 0 Å². The van der Waals surface area contributed by atoms with E-state index in [1.165, 1.54) is 12.1 Å². The van der Waals surface area contributed by atoms with Crippen LogP contribution in [0.5, 0.6) is 0 Å². The van der Waals surface area contributed by atoms with Crippen molar-refractivity contribution in [2.24, 2.45) is 0 Å². The van der Waals surface area contributed by atoms with E-state index in [0.717, 1.165) is 32.9 Å². The number of benzene rings is 4. The topological polar surface area (TPSA) is 0 Å². The number of aryl methyl sites for hydroxylation is 4. The van der Waals surface area contributed by atoms with Crippen molar-refractivity contribution >= 4 is 42.4 Å². The molecule has 1 atom stereocenters. The molecule has 0 fully saturated rings. The molecule has 59 heavy (non-hydrogen) atoms. The molecular weight excluding hydrogens is 874 g/mol. The van der Waals surface area contributed by atoms with Crippen LogP contribution < -0.4 is 26.5 Å². The van der Waals surface area contributed by atoms with Crippen molar-refractivity contribution in [1.82, 2.24) is 0 Å². The minimum atomic E-state index is -5.33. The normalized spacial score (nSPS) is 12.9. The van der Waals surface area contributed by atoms with Crippen LogP contribution in [0.1, 0.15) is 62.7 Å². The summed E-state index contributed by atoms with van der Waals surface area (Å²) in [6.07, 6.45) is -21.3. The average Bonchev–Trinajstić information content (AvgIpc) is 3.83. The molecule has 0 saturated heterocycles. The number of rotatable bonds is 7. The van der Waals surface area contributed by atoms with Gasteiger partial charge < -0.3 is 30.3 Å². The second-order valence-corrected chi connectivity index (χ2v) is 18.7. The van der Waals surface area contributed by atoms with E-state index >= 15 is 0 Å². The predicted octanol–water partition coefficient (Wildman–Crippen LogP) is 13.1.